The molecule has 2 N–H and O–H groups in total. The minimum absolute atomic E-state index is 0.0437. The fourth-order valence-corrected chi connectivity index (χ4v) is 2.75. The molecule has 0 atom stereocenters. The number of unbranched alkanes of at least 4 members (excludes halogenated alkanes) is 2. The zero-order valence-electron chi connectivity index (χ0n) is 15.0. The normalized spacial score (nSPS) is 10.3. The van der Waals surface area contributed by atoms with Crippen molar-refractivity contribution in [2.75, 3.05) is 10.6 Å². The van der Waals surface area contributed by atoms with Crippen LogP contribution in [0.15, 0.2) is 48.5 Å². The van der Waals surface area contributed by atoms with Gasteiger partial charge in [-0.2, -0.15) is 0 Å². The Bertz CT molecular complexity index is 629. The van der Waals surface area contributed by atoms with Gasteiger partial charge in [0.25, 0.3) is 0 Å². The Morgan fingerprint density at radius 1 is 0.640 bits per heavy atom. The van der Waals surface area contributed by atoms with Crippen molar-refractivity contribution < 1.29 is 9.59 Å². The molecule has 0 aliphatic carbocycles. The molecule has 0 radical (unpaired) electrons. The van der Waals surface area contributed by atoms with Crippen LogP contribution in [0.25, 0.3) is 0 Å². The molecule has 2 aromatic rings. The molecule has 2 aromatic carbocycles. The molecular weight excluding hydrogens is 312 g/mol. The molecule has 0 fully saturated rings. The van der Waals surface area contributed by atoms with E-state index >= 15 is 0 Å². The van der Waals surface area contributed by atoms with Crippen molar-refractivity contribution in [3.63, 3.8) is 0 Å². The third-order valence-corrected chi connectivity index (χ3v) is 3.98. The Hall–Kier alpha value is -2.62. The molecule has 2 rings (SSSR count). The van der Waals surface area contributed by atoms with Crippen LogP contribution in [-0.2, 0) is 22.4 Å². The topological polar surface area (TPSA) is 58.2 Å². The molecule has 0 bridgehead atoms. The SMILES string of the molecule is CC(=O)Nc1ccc(CCCCCc2ccc(NC(C)=O)cc2)cc1. The lowest BCUT2D eigenvalue weighted by Gasteiger charge is -2.06. The van der Waals surface area contributed by atoms with Gasteiger partial charge in [-0.05, 0) is 61.1 Å². The lowest BCUT2D eigenvalue weighted by atomic mass is 10.0. The number of benzene rings is 2. The highest BCUT2D eigenvalue weighted by Crippen LogP contribution is 2.15. The summed E-state index contributed by atoms with van der Waals surface area (Å²) in [4.78, 5) is 22.0. The highest BCUT2D eigenvalue weighted by Gasteiger charge is 1.99. The van der Waals surface area contributed by atoms with Crippen LogP contribution in [0.4, 0.5) is 11.4 Å². The highest BCUT2D eigenvalue weighted by atomic mass is 16.2. The van der Waals surface area contributed by atoms with E-state index in [1.54, 1.807) is 0 Å². The average molecular weight is 338 g/mol. The van der Waals surface area contributed by atoms with Gasteiger partial charge in [0.05, 0.1) is 0 Å². The third kappa shape index (κ3) is 7.21. The summed E-state index contributed by atoms with van der Waals surface area (Å²) in [5.74, 6) is -0.0873. The zero-order chi connectivity index (χ0) is 18.1. The van der Waals surface area contributed by atoms with Crippen LogP contribution in [0.3, 0.4) is 0 Å². The van der Waals surface area contributed by atoms with Gasteiger partial charge >= 0.3 is 0 Å². The van der Waals surface area contributed by atoms with Crippen molar-refractivity contribution in [3.8, 4) is 0 Å². The Labute approximate surface area is 149 Å². The summed E-state index contributed by atoms with van der Waals surface area (Å²) in [6, 6.07) is 16.1. The molecule has 132 valence electrons. The van der Waals surface area contributed by atoms with Gasteiger partial charge in [-0.1, -0.05) is 30.7 Å². The number of anilines is 2. The maximum Gasteiger partial charge on any atom is 0.221 e. The van der Waals surface area contributed by atoms with E-state index in [2.05, 4.69) is 34.9 Å². The predicted octanol–water partition coefficient (Wildman–Crippen LogP) is 4.56. The first-order valence-corrected chi connectivity index (χ1v) is 8.76. The van der Waals surface area contributed by atoms with Gasteiger partial charge in [0.15, 0.2) is 0 Å². The molecule has 0 saturated carbocycles. The summed E-state index contributed by atoms with van der Waals surface area (Å²) >= 11 is 0. The summed E-state index contributed by atoms with van der Waals surface area (Å²) in [6.07, 6.45) is 5.61. The number of carbonyl (C=O) groups is 2. The molecule has 0 spiro atoms. The van der Waals surface area contributed by atoms with Crippen LogP contribution in [0.2, 0.25) is 0 Å². The van der Waals surface area contributed by atoms with Crippen LogP contribution in [-0.4, -0.2) is 11.8 Å². The van der Waals surface area contributed by atoms with E-state index in [4.69, 9.17) is 0 Å². The van der Waals surface area contributed by atoms with Gasteiger partial charge in [-0.3, -0.25) is 9.59 Å². The Morgan fingerprint density at radius 3 is 1.32 bits per heavy atom. The fraction of sp³-hybridized carbons (Fsp3) is 0.333. The van der Waals surface area contributed by atoms with Gasteiger partial charge in [-0.25, -0.2) is 0 Å². The van der Waals surface area contributed by atoms with Crippen molar-refractivity contribution in [1.29, 1.82) is 0 Å². The van der Waals surface area contributed by atoms with Crippen LogP contribution in [0, 0.1) is 0 Å². The molecule has 0 heterocycles. The number of carbonyl (C=O) groups excluding carboxylic acids is 2. The monoisotopic (exact) mass is 338 g/mol. The van der Waals surface area contributed by atoms with Crippen molar-refractivity contribution >= 4 is 23.2 Å². The van der Waals surface area contributed by atoms with Crippen molar-refractivity contribution in [2.45, 2.75) is 46.0 Å². The predicted molar refractivity (Wildman–Crippen MR) is 103 cm³/mol. The molecule has 0 unspecified atom stereocenters. The summed E-state index contributed by atoms with van der Waals surface area (Å²) in [5.41, 5.74) is 4.29. The fourth-order valence-electron chi connectivity index (χ4n) is 2.75. The quantitative estimate of drug-likeness (QED) is 0.693. The second-order valence-corrected chi connectivity index (χ2v) is 6.32. The molecule has 25 heavy (non-hydrogen) atoms. The first-order valence-electron chi connectivity index (χ1n) is 8.76. The maximum atomic E-state index is 11.0. The molecule has 4 heteroatoms. The van der Waals surface area contributed by atoms with Crippen molar-refractivity contribution in [3.05, 3.63) is 59.7 Å². The summed E-state index contributed by atoms with van der Waals surface area (Å²) in [5, 5.41) is 5.56. The second-order valence-electron chi connectivity index (χ2n) is 6.32. The molecule has 0 aliphatic rings. The smallest absolute Gasteiger partial charge is 0.221 e. The summed E-state index contributed by atoms with van der Waals surface area (Å²) < 4.78 is 0. The minimum atomic E-state index is -0.0437. The Morgan fingerprint density at radius 2 is 1.00 bits per heavy atom. The molecule has 2 amide bonds. The molecular formula is C21H26N2O2. The first-order chi connectivity index (χ1) is 12.0. The summed E-state index contributed by atoms with van der Waals surface area (Å²) in [7, 11) is 0. The highest BCUT2D eigenvalue weighted by molar-refractivity contribution is 5.89. The van der Waals surface area contributed by atoms with E-state index in [9.17, 15) is 9.59 Å². The molecule has 4 nitrogen and oxygen atoms in total. The van der Waals surface area contributed by atoms with E-state index in [-0.39, 0.29) is 11.8 Å². The molecule has 0 aliphatic heterocycles. The standard InChI is InChI=1S/C21H26N2O2/c1-16(24)22-20-12-8-18(9-13-20)6-4-3-5-7-19-10-14-21(15-11-19)23-17(2)25/h8-15H,3-7H2,1-2H3,(H,22,24)(H,23,25). The van der Waals surface area contributed by atoms with Crippen molar-refractivity contribution in [2.24, 2.45) is 0 Å². The number of nitrogens with one attached hydrogen (secondary N) is 2. The second kappa shape index (κ2) is 9.62. The van der Waals surface area contributed by atoms with Crippen LogP contribution in [0.1, 0.15) is 44.2 Å². The minimum Gasteiger partial charge on any atom is -0.326 e. The van der Waals surface area contributed by atoms with Crippen LogP contribution < -0.4 is 10.6 Å². The number of hydrogen-bond donors (Lipinski definition) is 2. The average Bonchev–Trinajstić information content (AvgIpc) is 2.56. The van der Waals surface area contributed by atoms with Gasteiger partial charge in [0, 0.05) is 25.2 Å². The zero-order valence-corrected chi connectivity index (χ0v) is 15.0. The van der Waals surface area contributed by atoms with Gasteiger partial charge in [0.2, 0.25) is 11.8 Å². The number of amides is 2. The Balaban J connectivity index is 1.66. The maximum absolute atomic E-state index is 11.0. The van der Waals surface area contributed by atoms with E-state index < -0.39 is 0 Å². The molecule has 0 saturated heterocycles. The molecule has 0 aromatic heterocycles. The van der Waals surface area contributed by atoms with Gasteiger partial charge in [-0.15, -0.1) is 0 Å². The van der Waals surface area contributed by atoms with E-state index in [0.29, 0.717) is 0 Å². The Kier molecular flexibility index (Phi) is 7.20. The number of rotatable bonds is 8. The summed E-state index contributed by atoms with van der Waals surface area (Å²) in [6.45, 7) is 3.03. The first kappa shape index (κ1) is 18.7. The third-order valence-electron chi connectivity index (χ3n) is 3.98. The lowest BCUT2D eigenvalue weighted by molar-refractivity contribution is -0.115. The van der Waals surface area contributed by atoms with Gasteiger partial charge < -0.3 is 10.6 Å². The lowest BCUT2D eigenvalue weighted by Crippen LogP contribution is -2.05. The van der Waals surface area contributed by atoms with Crippen LogP contribution >= 0.6 is 0 Å². The van der Waals surface area contributed by atoms with Crippen LogP contribution in [0.5, 0.6) is 0 Å². The van der Waals surface area contributed by atoms with Crippen molar-refractivity contribution in [1.82, 2.24) is 0 Å². The van der Waals surface area contributed by atoms with E-state index in [1.165, 1.54) is 31.4 Å². The van der Waals surface area contributed by atoms with E-state index in [0.717, 1.165) is 37.1 Å². The van der Waals surface area contributed by atoms with Gasteiger partial charge in [0.1, 0.15) is 0 Å². The largest absolute Gasteiger partial charge is 0.326 e. The number of hydrogen-bond acceptors (Lipinski definition) is 2. The number of aryl methyl sites for hydroxylation is 2. The van der Waals surface area contributed by atoms with E-state index in [1.807, 2.05) is 24.3 Å².